The molecule has 0 aromatic rings. The van der Waals surface area contributed by atoms with Crippen molar-refractivity contribution in [3.8, 4) is 0 Å². The SMILES string of the molecule is CNCCCN1CC(C)C1. The van der Waals surface area contributed by atoms with Gasteiger partial charge in [-0.15, -0.1) is 0 Å². The first-order valence-corrected chi connectivity index (χ1v) is 4.20. The van der Waals surface area contributed by atoms with Crippen LogP contribution in [0.2, 0.25) is 0 Å². The second-order valence-electron chi connectivity index (χ2n) is 3.32. The maximum absolute atomic E-state index is 3.16. The molecule has 0 spiro atoms. The van der Waals surface area contributed by atoms with E-state index >= 15 is 0 Å². The van der Waals surface area contributed by atoms with Crippen LogP contribution in [0.5, 0.6) is 0 Å². The van der Waals surface area contributed by atoms with Gasteiger partial charge in [-0.2, -0.15) is 0 Å². The van der Waals surface area contributed by atoms with Gasteiger partial charge in [0.25, 0.3) is 0 Å². The normalized spacial score (nSPS) is 21.0. The zero-order valence-corrected chi connectivity index (χ0v) is 7.06. The van der Waals surface area contributed by atoms with E-state index in [0.717, 1.165) is 12.5 Å². The second-order valence-corrected chi connectivity index (χ2v) is 3.32. The Hall–Kier alpha value is -0.0800. The third kappa shape index (κ3) is 2.27. The van der Waals surface area contributed by atoms with E-state index in [1.165, 1.54) is 26.1 Å². The summed E-state index contributed by atoms with van der Waals surface area (Å²) in [6.45, 7) is 7.40. The Morgan fingerprint density at radius 2 is 2.20 bits per heavy atom. The number of nitrogens with zero attached hydrogens (tertiary/aromatic N) is 1. The van der Waals surface area contributed by atoms with Crippen molar-refractivity contribution in [2.75, 3.05) is 33.2 Å². The van der Waals surface area contributed by atoms with Crippen molar-refractivity contribution in [3.63, 3.8) is 0 Å². The van der Waals surface area contributed by atoms with Crippen LogP contribution >= 0.6 is 0 Å². The van der Waals surface area contributed by atoms with Gasteiger partial charge in [0.2, 0.25) is 0 Å². The van der Waals surface area contributed by atoms with E-state index in [9.17, 15) is 0 Å². The van der Waals surface area contributed by atoms with Crippen LogP contribution in [0.3, 0.4) is 0 Å². The number of rotatable bonds is 4. The number of likely N-dealkylation sites (tertiary alicyclic amines) is 1. The molecule has 0 radical (unpaired) electrons. The highest BCUT2D eigenvalue weighted by Gasteiger charge is 2.20. The molecule has 0 amide bonds. The summed E-state index contributed by atoms with van der Waals surface area (Å²) in [6.07, 6.45) is 1.29. The molecule has 1 fully saturated rings. The van der Waals surface area contributed by atoms with Crippen LogP contribution in [-0.2, 0) is 0 Å². The lowest BCUT2D eigenvalue weighted by Crippen LogP contribution is -2.45. The number of hydrogen-bond acceptors (Lipinski definition) is 2. The van der Waals surface area contributed by atoms with E-state index < -0.39 is 0 Å². The minimum Gasteiger partial charge on any atom is -0.320 e. The minimum absolute atomic E-state index is 0.953. The van der Waals surface area contributed by atoms with Gasteiger partial charge in [0, 0.05) is 13.1 Å². The van der Waals surface area contributed by atoms with E-state index in [4.69, 9.17) is 0 Å². The van der Waals surface area contributed by atoms with Crippen LogP contribution in [0, 0.1) is 5.92 Å². The molecule has 0 aliphatic carbocycles. The molecule has 1 rings (SSSR count). The largest absolute Gasteiger partial charge is 0.320 e. The Morgan fingerprint density at radius 1 is 1.50 bits per heavy atom. The zero-order valence-electron chi connectivity index (χ0n) is 7.06. The molecular formula is C8H18N2. The zero-order chi connectivity index (χ0) is 7.40. The predicted molar refractivity (Wildman–Crippen MR) is 44.1 cm³/mol. The highest BCUT2D eigenvalue weighted by Crippen LogP contribution is 2.13. The fourth-order valence-electron chi connectivity index (χ4n) is 1.49. The monoisotopic (exact) mass is 142 g/mol. The van der Waals surface area contributed by atoms with E-state index in [2.05, 4.69) is 17.1 Å². The fourth-order valence-corrected chi connectivity index (χ4v) is 1.49. The average molecular weight is 142 g/mol. The number of nitrogens with one attached hydrogen (secondary N) is 1. The Bertz CT molecular complexity index is 87.3. The van der Waals surface area contributed by atoms with Crippen molar-refractivity contribution < 1.29 is 0 Å². The summed E-state index contributed by atoms with van der Waals surface area (Å²) in [5, 5.41) is 3.16. The first-order valence-electron chi connectivity index (χ1n) is 4.20. The third-order valence-electron chi connectivity index (χ3n) is 2.04. The molecule has 0 unspecified atom stereocenters. The van der Waals surface area contributed by atoms with Crippen molar-refractivity contribution >= 4 is 0 Å². The summed E-state index contributed by atoms with van der Waals surface area (Å²) in [7, 11) is 2.01. The predicted octanol–water partition coefficient (Wildman–Crippen LogP) is 0.548. The van der Waals surface area contributed by atoms with Crippen LogP contribution in [0.25, 0.3) is 0 Å². The quantitative estimate of drug-likeness (QED) is 0.577. The Morgan fingerprint density at radius 3 is 2.70 bits per heavy atom. The van der Waals surface area contributed by atoms with Crippen LogP contribution in [0.15, 0.2) is 0 Å². The molecule has 1 aliphatic rings. The van der Waals surface area contributed by atoms with Crippen molar-refractivity contribution in [1.29, 1.82) is 0 Å². The first-order chi connectivity index (χ1) is 4.83. The summed E-state index contributed by atoms with van der Waals surface area (Å²) in [4.78, 5) is 2.52. The van der Waals surface area contributed by atoms with Gasteiger partial charge < -0.3 is 10.2 Å². The molecular weight excluding hydrogens is 124 g/mol. The maximum atomic E-state index is 3.16. The number of hydrogen-bond donors (Lipinski definition) is 1. The topological polar surface area (TPSA) is 15.3 Å². The minimum atomic E-state index is 0.953. The summed E-state index contributed by atoms with van der Waals surface area (Å²) in [5.74, 6) is 0.953. The highest BCUT2D eigenvalue weighted by molar-refractivity contribution is 4.75. The first kappa shape index (κ1) is 8.02. The van der Waals surface area contributed by atoms with Gasteiger partial charge in [-0.1, -0.05) is 6.92 Å². The molecule has 1 N–H and O–H groups in total. The van der Waals surface area contributed by atoms with Crippen molar-refractivity contribution in [2.45, 2.75) is 13.3 Å². The van der Waals surface area contributed by atoms with Gasteiger partial charge in [0.1, 0.15) is 0 Å². The molecule has 60 valence electrons. The highest BCUT2D eigenvalue weighted by atomic mass is 15.2. The van der Waals surface area contributed by atoms with Crippen LogP contribution in [0.1, 0.15) is 13.3 Å². The fraction of sp³-hybridized carbons (Fsp3) is 1.00. The lowest BCUT2D eigenvalue weighted by molar-refractivity contribution is 0.112. The maximum Gasteiger partial charge on any atom is 0.00194 e. The van der Waals surface area contributed by atoms with Crippen molar-refractivity contribution in [3.05, 3.63) is 0 Å². The van der Waals surface area contributed by atoms with Gasteiger partial charge in [-0.25, -0.2) is 0 Å². The molecule has 1 aliphatic heterocycles. The Labute approximate surface area is 63.6 Å². The van der Waals surface area contributed by atoms with Gasteiger partial charge in [-0.05, 0) is 32.5 Å². The molecule has 10 heavy (non-hydrogen) atoms. The lowest BCUT2D eigenvalue weighted by atomic mass is 10.0. The standard InChI is InChI=1S/C8H18N2/c1-8-6-10(7-8)5-3-4-9-2/h8-9H,3-7H2,1-2H3. The molecule has 2 heteroatoms. The van der Waals surface area contributed by atoms with Gasteiger partial charge in [0.15, 0.2) is 0 Å². The van der Waals surface area contributed by atoms with E-state index in [1.807, 2.05) is 7.05 Å². The van der Waals surface area contributed by atoms with E-state index in [0.29, 0.717) is 0 Å². The molecule has 2 nitrogen and oxygen atoms in total. The third-order valence-corrected chi connectivity index (χ3v) is 2.04. The summed E-state index contributed by atoms with van der Waals surface area (Å²) in [5.41, 5.74) is 0. The Kier molecular flexibility index (Phi) is 3.16. The summed E-state index contributed by atoms with van der Waals surface area (Å²) >= 11 is 0. The van der Waals surface area contributed by atoms with Gasteiger partial charge >= 0.3 is 0 Å². The molecule has 0 aromatic heterocycles. The van der Waals surface area contributed by atoms with Gasteiger partial charge in [0.05, 0.1) is 0 Å². The average Bonchev–Trinajstić information content (AvgIpc) is 1.85. The molecule has 0 aromatic carbocycles. The van der Waals surface area contributed by atoms with Gasteiger partial charge in [-0.3, -0.25) is 0 Å². The molecule has 1 saturated heterocycles. The van der Waals surface area contributed by atoms with Crippen LogP contribution in [-0.4, -0.2) is 38.1 Å². The summed E-state index contributed by atoms with van der Waals surface area (Å²) < 4.78 is 0. The molecule has 1 heterocycles. The van der Waals surface area contributed by atoms with Crippen molar-refractivity contribution in [2.24, 2.45) is 5.92 Å². The smallest absolute Gasteiger partial charge is 0.00194 e. The lowest BCUT2D eigenvalue weighted by Gasteiger charge is -2.37. The summed E-state index contributed by atoms with van der Waals surface area (Å²) in [6, 6.07) is 0. The van der Waals surface area contributed by atoms with E-state index in [-0.39, 0.29) is 0 Å². The van der Waals surface area contributed by atoms with Crippen LogP contribution in [0.4, 0.5) is 0 Å². The van der Waals surface area contributed by atoms with Crippen LogP contribution < -0.4 is 5.32 Å². The molecule has 0 atom stereocenters. The Balaban J connectivity index is 1.86. The molecule has 0 saturated carbocycles. The molecule has 0 bridgehead atoms. The van der Waals surface area contributed by atoms with Crippen molar-refractivity contribution in [1.82, 2.24) is 10.2 Å². The van der Waals surface area contributed by atoms with E-state index in [1.54, 1.807) is 0 Å². The second kappa shape index (κ2) is 3.94.